The first kappa shape index (κ1) is 11.6. The molecule has 0 unspecified atom stereocenters. The van der Waals surface area contributed by atoms with Crippen molar-refractivity contribution in [3.05, 3.63) is 72.6 Å². The van der Waals surface area contributed by atoms with Crippen LogP contribution in [-0.4, -0.2) is 9.97 Å². The minimum Gasteiger partial charge on any atom is -0.236 e. The number of rotatable bonds is 2. The highest BCUT2D eigenvalue weighted by Gasteiger charge is 2.09. The van der Waals surface area contributed by atoms with E-state index in [9.17, 15) is 0 Å². The van der Waals surface area contributed by atoms with Gasteiger partial charge in [-0.3, -0.25) is 0 Å². The summed E-state index contributed by atoms with van der Waals surface area (Å²) in [6, 6.07) is 20.4. The predicted octanol–water partition coefficient (Wildman–Crippen LogP) is 4.12. The molecule has 0 radical (unpaired) electrons. The molecule has 1 aromatic heterocycles. The molecule has 3 aromatic rings. The molecule has 0 aliphatic heterocycles. The van der Waals surface area contributed by atoms with Crippen LogP contribution in [0.25, 0.3) is 22.5 Å². The van der Waals surface area contributed by atoms with E-state index in [-0.39, 0.29) is 0 Å². The zero-order chi connectivity index (χ0) is 13.1. The van der Waals surface area contributed by atoms with Gasteiger partial charge in [0.1, 0.15) is 6.33 Å². The largest absolute Gasteiger partial charge is 0.236 e. The van der Waals surface area contributed by atoms with E-state index < -0.39 is 0 Å². The van der Waals surface area contributed by atoms with E-state index in [1.54, 1.807) is 6.33 Å². The van der Waals surface area contributed by atoms with E-state index in [4.69, 9.17) is 0 Å². The number of hydrogen-bond acceptors (Lipinski definition) is 2. The van der Waals surface area contributed by atoms with Crippen molar-refractivity contribution in [1.82, 2.24) is 9.97 Å². The van der Waals surface area contributed by atoms with E-state index in [2.05, 4.69) is 41.2 Å². The summed E-state index contributed by atoms with van der Waals surface area (Å²) in [6.45, 7) is 2.07. The fourth-order valence-electron chi connectivity index (χ4n) is 2.22. The SMILES string of the molecule is Cc1c(-c2ccccc2)ncnc1-c1ccccc1. The maximum atomic E-state index is 4.42. The Balaban J connectivity index is 2.15. The van der Waals surface area contributed by atoms with Gasteiger partial charge >= 0.3 is 0 Å². The minimum absolute atomic E-state index is 0.995. The zero-order valence-corrected chi connectivity index (χ0v) is 10.7. The maximum absolute atomic E-state index is 4.42. The van der Waals surface area contributed by atoms with Gasteiger partial charge in [-0.1, -0.05) is 60.7 Å². The van der Waals surface area contributed by atoms with Crippen LogP contribution >= 0.6 is 0 Å². The second-order valence-electron chi connectivity index (χ2n) is 4.43. The smallest absolute Gasteiger partial charge is 0.116 e. The molecule has 2 aromatic carbocycles. The van der Waals surface area contributed by atoms with Gasteiger partial charge < -0.3 is 0 Å². The van der Waals surface area contributed by atoms with Crippen molar-refractivity contribution in [3.8, 4) is 22.5 Å². The summed E-state index contributed by atoms with van der Waals surface area (Å²) in [5, 5.41) is 0. The maximum Gasteiger partial charge on any atom is 0.116 e. The van der Waals surface area contributed by atoms with Crippen molar-refractivity contribution in [2.45, 2.75) is 6.92 Å². The molecule has 0 saturated carbocycles. The second kappa shape index (κ2) is 5.02. The van der Waals surface area contributed by atoms with Crippen LogP contribution in [0, 0.1) is 6.92 Å². The summed E-state index contributed by atoms with van der Waals surface area (Å²) >= 11 is 0. The topological polar surface area (TPSA) is 25.8 Å². The third-order valence-corrected chi connectivity index (χ3v) is 3.18. The van der Waals surface area contributed by atoms with Crippen LogP contribution in [0.2, 0.25) is 0 Å². The van der Waals surface area contributed by atoms with Gasteiger partial charge in [0.2, 0.25) is 0 Å². The highest BCUT2D eigenvalue weighted by molar-refractivity contribution is 5.72. The average molecular weight is 246 g/mol. The van der Waals surface area contributed by atoms with Gasteiger partial charge in [0, 0.05) is 16.7 Å². The van der Waals surface area contributed by atoms with Crippen molar-refractivity contribution >= 4 is 0 Å². The van der Waals surface area contributed by atoms with E-state index >= 15 is 0 Å². The molecule has 0 fully saturated rings. The number of hydrogen-bond donors (Lipinski definition) is 0. The monoisotopic (exact) mass is 246 g/mol. The van der Waals surface area contributed by atoms with Crippen LogP contribution < -0.4 is 0 Å². The molecular weight excluding hydrogens is 232 g/mol. The van der Waals surface area contributed by atoms with Crippen LogP contribution in [0.4, 0.5) is 0 Å². The van der Waals surface area contributed by atoms with Crippen LogP contribution in [0.15, 0.2) is 67.0 Å². The first-order valence-corrected chi connectivity index (χ1v) is 6.28. The fraction of sp³-hybridized carbons (Fsp3) is 0.0588. The second-order valence-corrected chi connectivity index (χ2v) is 4.43. The lowest BCUT2D eigenvalue weighted by Crippen LogP contribution is -1.95. The molecule has 0 atom stereocenters. The average Bonchev–Trinajstić information content (AvgIpc) is 2.49. The molecule has 0 aliphatic rings. The lowest BCUT2D eigenvalue weighted by molar-refractivity contribution is 1.14. The summed E-state index contributed by atoms with van der Waals surface area (Å²) in [5.74, 6) is 0. The molecule has 3 rings (SSSR count). The molecule has 0 aliphatic carbocycles. The van der Waals surface area contributed by atoms with Gasteiger partial charge in [0.05, 0.1) is 11.4 Å². The van der Waals surface area contributed by atoms with E-state index in [0.29, 0.717) is 0 Å². The van der Waals surface area contributed by atoms with Gasteiger partial charge in [-0.2, -0.15) is 0 Å². The molecule has 0 N–H and O–H groups in total. The summed E-state index contributed by atoms with van der Waals surface area (Å²) < 4.78 is 0. The molecule has 2 nitrogen and oxygen atoms in total. The molecule has 0 bridgehead atoms. The van der Waals surface area contributed by atoms with Crippen molar-refractivity contribution in [2.75, 3.05) is 0 Å². The molecule has 2 heteroatoms. The summed E-state index contributed by atoms with van der Waals surface area (Å²) in [5.41, 5.74) is 5.35. The van der Waals surface area contributed by atoms with Crippen molar-refractivity contribution in [1.29, 1.82) is 0 Å². The molecule has 0 saturated heterocycles. The lowest BCUT2D eigenvalue weighted by atomic mass is 10.0. The summed E-state index contributed by atoms with van der Waals surface area (Å²) in [6.07, 6.45) is 1.64. The Bertz CT molecular complexity index is 618. The molecule has 19 heavy (non-hydrogen) atoms. The minimum atomic E-state index is 0.995. The Kier molecular flexibility index (Phi) is 3.07. The molecule has 92 valence electrons. The third kappa shape index (κ3) is 2.25. The number of benzene rings is 2. The molecule has 0 spiro atoms. The predicted molar refractivity (Wildman–Crippen MR) is 77.6 cm³/mol. The Morgan fingerprint density at radius 2 is 1.05 bits per heavy atom. The van der Waals surface area contributed by atoms with Gasteiger partial charge in [0.15, 0.2) is 0 Å². The Labute approximate surface area is 112 Å². The number of nitrogens with zero attached hydrogens (tertiary/aromatic N) is 2. The lowest BCUT2D eigenvalue weighted by Gasteiger charge is -2.09. The highest BCUT2D eigenvalue weighted by Crippen LogP contribution is 2.27. The van der Waals surface area contributed by atoms with Crippen molar-refractivity contribution in [2.24, 2.45) is 0 Å². The fourth-order valence-corrected chi connectivity index (χ4v) is 2.22. The molecule has 0 amide bonds. The van der Waals surface area contributed by atoms with Gasteiger partial charge in [-0.25, -0.2) is 9.97 Å². The van der Waals surface area contributed by atoms with Crippen LogP contribution in [-0.2, 0) is 0 Å². The highest BCUT2D eigenvalue weighted by atomic mass is 14.8. The van der Waals surface area contributed by atoms with Gasteiger partial charge in [-0.15, -0.1) is 0 Å². The van der Waals surface area contributed by atoms with E-state index in [1.165, 1.54) is 0 Å². The van der Waals surface area contributed by atoms with Crippen molar-refractivity contribution < 1.29 is 0 Å². The first-order chi connectivity index (χ1) is 9.36. The molecule has 1 heterocycles. The van der Waals surface area contributed by atoms with Crippen molar-refractivity contribution in [3.63, 3.8) is 0 Å². The van der Waals surface area contributed by atoms with E-state index in [1.807, 2.05) is 36.4 Å². The third-order valence-electron chi connectivity index (χ3n) is 3.18. The first-order valence-electron chi connectivity index (χ1n) is 6.28. The van der Waals surface area contributed by atoms with Crippen LogP contribution in [0.1, 0.15) is 5.56 Å². The Hall–Kier alpha value is -2.48. The number of aromatic nitrogens is 2. The Morgan fingerprint density at radius 1 is 0.632 bits per heavy atom. The van der Waals surface area contributed by atoms with Crippen LogP contribution in [0.3, 0.4) is 0 Å². The van der Waals surface area contributed by atoms with Gasteiger partial charge in [0.25, 0.3) is 0 Å². The zero-order valence-electron chi connectivity index (χ0n) is 10.7. The summed E-state index contributed by atoms with van der Waals surface area (Å²) in [4.78, 5) is 8.85. The quantitative estimate of drug-likeness (QED) is 0.679. The Morgan fingerprint density at radius 3 is 1.47 bits per heavy atom. The molecular formula is C17H14N2. The normalized spacial score (nSPS) is 10.4. The van der Waals surface area contributed by atoms with Crippen LogP contribution in [0.5, 0.6) is 0 Å². The standard InChI is InChI=1S/C17H14N2/c1-13-16(14-8-4-2-5-9-14)18-12-19-17(13)15-10-6-3-7-11-15/h2-12H,1H3. The van der Waals surface area contributed by atoms with E-state index in [0.717, 1.165) is 28.1 Å². The summed E-state index contributed by atoms with van der Waals surface area (Å²) in [7, 11) is 0. The van der Waals surface area contributed by atoms with Gasteiger partial charge in [-0.05, 0) is 6.92 Å².